The Kier molecular flexibility index (Phi) is 6.63. The van der Waals surface area contributed by atoms with E-state index in [1.165, 1.54) is 0 Å². The van der Waals surface area contributed by atoms with Crippen LogP contribution in [0.5, 0.6) is 0 Å². The first-order valence-corrected chi connectivity index (χ1v) is 19.8. The molecule has 4 aromatic heterocycles. The fourth-order valence-electron chi connectivity index (χ4n) is 9.19. The van der Waals surface area contributed by atoms with Crippen LogP contribution in [0.25, 0.3) is 127 Å². The average Bonchev–Trinajstić information content (AvgIpc) is 3.99. The Bertz CT molecular complexity index is 3690. The summed E-state index contributed by atoms with van der Waals surface area (Å²) in [5, 5.41) is 10.4. The Morgan fingerprint density at radius 1 is 0.356 bits per heavy atom. The van der Waals surface area contributed by atoms with Crippen LogP contribution in [0, 0.1) is 0 Å². The maximum Gasteiger partial charge on any atom is 0.164 e. The smallest absolute Gasteiger partial charge is 0.164 e. The molecule has 0 aliphatic heterocycles. The Hall–Kier alpha value is -8.09. The van der Waals surface area contributed by atoms with Gasteiger partial charge in [0, 0.05) is 65.5 Å². The van der Waals surface area contributed by atoms with Gasteiger partial charge in [-0.3, -0.25) is 0 Å². The maximum absolute atomic E-state index is 6.64. The molecular formula is C53H30N4O2. The molecule has 0 bridgehead atoms. The molecule has 6 nitrogen and oxygen atoms in total. The Morgan fingerprint density at radius 2 is 0.831 bits per heavy atom. The van der Waals surface area contributed by atoms with E-state index >= 15 is 0 Å². The summed E-state index contributed by atoms with van der Waals surface area (Å²) in [5.74, 6) is 1.70. The molecular weight excluding hydrogens is 725 g/mol. The molecule has 0 amide bonds. The lowest BCUT2D eigenvalue weighted by Gasteiger charge is -2.12. The van der Waals surface area contributed by atoms with Crippen LogP contribution in [0.15, 0.2) is 191 Å². The largest absolute Gasteiger partial charge is 0.455 e. The molecule has 6 heteroatoms. The predicted octanol–water partition coefficient (Wildman–Crippen LogP) is 14.1. The molecule has 0 radical (unpaired) electrons. The average molecular weight is 755 g/mol. The summed E-state index contributed by atoms with van der Waals surface area (Å²) in [7, 11) is 0. The first kappa shape index (κ1) is 32.0. The van der Waals surface area contributed by atoms with Crippen molar-refractivity contribution in [2.75, 3.05) is 0 Å². The van der Waals surface area contributed by atoms with Crippen LogP contribution < -0.4 is 0 Å². The molecule has 13 rings (SSSR count). The van der Waals surface area contributed by atoms with Crippen LogP contribution in [0.2, 0.25) is 0 Å². The number of rotatable bonds is 4. The zero-order chi connectivity index (χ0) is 38.6. The van der Waals surface area contributed by atoms with E-state index < -0.39 is 0 Å². The van der Waals surface area contributed by atoms with Gasteiger partial charge in [-0.15, -0.1) is 0 Å². The number of hydrogen-bond donors (Lipinski definition) is 0. The summed E-state index contributed by atoms with van der Waals surface area (Å²) in [4.78, 5) is 16.2. The van der Waals surface area contributed by atoms with Crippen LogP contribution in [-0.2, 0) is 0 Å². The minimum atomic E-state index is 0.563. The molecule has 0 saturated heterocycles. The quantitative estimate of drug-likeness (QED) is 0.179. The highest BCUT2D eigenvalue weighted by molar-refractivity contribution is 6.22. The summed E-state index contributed by atoms with van der Waals surface area (Å²) in [6, 6.07) is 63.1. The van der Waals surface area contributed by atoms with Crippen molar-refractivity contribution in [1.82, 2.24) is 19.5 Å². The Morgan fingerprint density at radius 3 is 1.44 bits per heavy atom. The van der Waals surface area contributed by atoms with Crippen molar-refractivity contribution in [3.63, 3.8) is 0 Å². The number of fused-ring (bicyclic) bond motifs is 13. The Labute approximate surface area is 336 Å². The lowest BCUT2D eigenvalue weighted by Crippen LogP contribution is -2.01. The van der Waals surface area contributed by atoms with Crippen molar-refractivity contribution < 1.29 is 8.83 Å². The van der Waals surface area contributed by atoms with E-state index in [1.54, 1.807) is 0 Å². The van der Waals surface area contributed by atoms with E-state index in [2.05, 4.69) is 162 Å². The van der Waals surface area contributed by atoms with Crippen molar-refractivity contribution in [1.29, 1.82) is 0 Å². The van der Waals surface area contributed by atoms with E-state index in [-0.39, 0.29) is 0 Å². The van der Waals surface area contributed by atoms with E-state index in [4.69, 9.17) is 23.8 Å². The molecule has 4 heterocycles. The lowest BCUT2D eigenvalue weighted by molar-refractivity contribution is 0.672. The molecule has 0 fully saturated rings. The number of benzene rings is 9. The standard InChI is InChI=1S/C53H30N4O2/c1-2-16-34(17-3-1)57-43-23-11-8-20-37(43)40-30-33(26-27-44(40)57)51-54-52(41-28-31-14-4-6-18-35(31)49-47(41)38-21-9-12-24-45(38)58-49)56-53(55-51)42-29-32-15-5-7-19-36(32)50-48(42)39-22-10-13-25-46(39)59-50/h1-30H. The molecule has 0 spiro atoms. The first-order chi connectivity index (χ1) is 29.2. The van der Waals surface area contributed by atoms with E-state index in [9.17, 15) is 0 Å². The fourth-order valence-corrected chi connectivity index (χ4v) is 9.19. The lowest BCUT2D eigenvalue weighted by atomic mass is 9.98. The zero-order valence-corrected chi connectivity index (χ0v) is 31.4. The molecule has 274 valence electrons. The number of para-hydroxylation sites is 4. The van der Waals surface area contributed by atoms with Crippen LogP contribution in [-0.4, -0.2) is 19.5 Å². The summed E-state index contributed by atoms with van der Waals surface area (Å²) < 4.78 is 15.6. The SMILES string of the molecule is c1ccc(-n2c3ccccc3c3cc(-c4nc(-c5cc6ccccc6c6oc7ccccc7c56)nc(-c5cc6ccccc6c6oc7ccccc7c56)n4)ccc32)cc1. The van der Waals surface area contributed by atoms with Crippen LogP contribution in [0.4, 0.5) is 0 Å². The van der Waals surface area contributed by atoms with Crippen LogP contribution in [0.1, 0.15) is 0 Å². The second-order valence-corrected chi connectivity index (χ2v) is 15.1. The molecule has 0 atom stereocenters. The maximum atomic E-state index is 6.64. The van der Waals surface area contributed by atoms with Crippen molar-refractivity contribution >= 4 is 87.2 Å². The first-order valence-electron chi connectivity index (χ1n) is 19.8. The van der Waals surface area contributed by atoms with Gasteiger partial charge in [-0.25, -0.2) is 15.0 Å². The van der Waals surface area contributed by atoms with Gasteiger partial charge in [0.15, 0.2) is 17.5 Å². The highest BCUT2D eigenvalue weighted by Gasteiger charge is 2.24. The molecule has 59 heavy (non-hydrogen) atoms. The van der Waals surface area contributed by atoms with Crippen molar-refractivity contribution in [3.8, 4) is 39.9 Å². The van der Waals surface area contributed by atoms with Gasteiger partial charge in [0.05, 0.1) is 11.0 Å². The van der Waals surface area contributed by atoms with Gasteiger partial charge < -0.3 is 13.4 Å². The summed E-state index contributed by atoms with van der Waals surface area (Å²) >= 11 is 0. The third kappa shape index (κ3) is 4.71. The van der Waals surface area contributed by atoms with Gasteiger partial charge >= 0.3 is 0 Å². The number of nitrogens with zero attached hydrogens (tertiary/aromatic N) is 4. The van der Waals surface area contributed by atoms with Crippen LogP contribution in [0.3, 0.4) is 0 Å². The van der Waals surface area contributed by atoms with Crippen molar-refractivity contribution in [2.24, 2.45) is 0 Å². The van der Waals surface area contributed by atoms with Gasteiger partial charge in [0.1, 0.15) is 22.3 Å². The zero-order valence-electron chi connectivity index (χ0n) is 31.4. The fraction of sp³-hybridized carbons (Fsp3) is 0. The van der Waals surface area contributed by atoms with Gasteiger partial charge in [-0.05, 0) is 71.4 Å². The molecule has 0 saturated carbocycles. The van der Waals surface area contributed by atoms with Crippen LogP contribution >= 0.6 is 0 Å². The van der Waals surface area contributed by atoms with Gasteiger partial charge in [-0.2, -0.15) is 0 Å². The topological polar surface area (TPSA) is 69.9 Å². The van der Waals surface area contributed by atoms with E-state index in [0.29, 0.717) is 17.5 Å². The van der Waals surface area contributed by atoms with Gasteiger partial charge in [0.2, 0.25) is 0 Å². The highest BCUT2D eigenvalue weighted by Crippen LogP contribution is 2.44. The number of aromatic nitrogens is 4. The third-order valence-corrected chi connectivity index (χ3v) is 11.8. The monoisotopic (exact) mass is 754 g/mol. The molecule has 0 aliphatic carbocycles. The predicted molar refractivity (Wildman–Crippen MR) is 240 cm³/mol. The summed E-state index contributed by atoms with van der Waals surface area (Å²) in [6.45, 7) is 0. The minimum Gasteiger partial charge on any atom is -0.455 e. The normalized spacial score (nSPS) is 12.1. The summed E-state index contributed by atoms with van der Waals surface area (Å²) in [5.41, 5.74) is 9.26. The third-order valence-electron chi connectivity index (χ3n) is 11.8. The number of furan rings is 2. The molecule has 13 aromatic rings. The van der Waals surface area contributed by atoms with Gasteiger partial charge in [-0.1, -0.05) is 121 Å². The summed E-state index contributed by atoms with van der Waals surface area (Å²) in [6.07, 6.45) is 0. The molecule has 0 N–H and O–H groups in total. The molecule has 0 aliphatic rings. The number of hydrogen-bond acceptors (Lipinski definition) is 5. The van der Waals surface area contributed by atoms with Crippen molar-refractivity contribution in [3.05, 3.63) is 182 Å². The second kappa shape index (κ2) is 12.2. The molecule has 0 unspecified atom stereocenters. The minimum absolute atomic E-state index is 0.563. The molecule has 9 aromatic carbocycles. The van der Waals surface area contributed by atoms with Crippen molar-refractivity contribution in [2.45, 2.75) is 0 Å². The van der Waals surface area contributed by atoms with E-state index in [1.807, 2.05) is 24.3 Å². The second-order valence-electron chi connectivity index (χ2n) is 15.1. The van der Waals surface area contributed by atoms with Gasteiger partial charge in [0.25, 0.3) is 0 Å². The Balaban J connectivity index is 1.15. The van der Waals surface area contributed by atoms with E-state index in [0.717, 1.165) is 110 Å². The highest BCUT2D eigenvalue weighted by atomic mass is 16.3.